The number of aromatic nitrogens is 2. The smallest absolute Gasteiger partial charge is 0.328 e. The Kier molecular flexibility index (Phi) is 4.68. The highest BCUT2D eigenvalue weighted by atomic mass is 16.5. The molecule has 0 spiro atoms. The lowest BCUT2D eigenvalue weighted by Crippen LogP contribution is -2.30. The molecule has 1 atom stereocenters. The molecule has 6 nitrogen and oxygen atoms in total. The van der Waals surface area contributed by atoms with Crippen LogP contribution in [0.15, 0.2) is 6.07 Å². The quantitative estimate of drug-likeness (QED) is 0.750. The van der Waals surface area contributed by atoms with Crippen molar-refractivity contribution in [3.63, 3.8) is 0 Å². The third-order valence-corrected chi connectivity index (χ3v) is 2.31. The SMILES string of the molecule is CCC(Nc1cc(NC)nc(C)n1)C(=O)OC. The first kappa shape index (κ1) is 13.2. The molecule has 0 aromatic carbocycles. The lowest BCUT2D eigenvalue weighted by atomic mass is 10.2. The number of carbonyl (C=O) groups is 1. The number of anilines is 2. The van der Waals surface area contributed by atoms with E-state index in [1.54, 1.807) is 20.0 Å². The Hall–Kier alpha value is -1.85. The third-order valence-electron chi connectivity index (χ3n) is 2.31. The van der Waals surface area contributed by atoms with Gasteiger partial charge in [0, 0.05) is 13.1 Å². The van der Waals surface area contributed by atoms with E-state index in [1.165, 1.54) is 7.11 Å². The summed E-state index contributed by atoms with van der Waals surface area (Å²) in [5, 5.41) is 5.96. The number of aryl methyl sites for hydroxylation is 1. The van der Waals surface area contributed by atoms with Crippen molar-refractivity contribution in [2.75, 3.05) is 24.8 Å². The first-order valence-electron chi connectivity index (χ1n) is 5.48. The van der Waals surface area contributed by atoms with Crippen LogP contribution in [0.3, 0.4) is 0 Å². The fraction of sp³-hybridized carbons (Fsp3) is 0.545. The van der Waals surface area contributed by atoms with Crippen LogP contribution in [-0.2, 0) is 9.53 Å². The molecule has 0 aliphatic heterocycles. The summed E-state index contributed by atoms with van der Waals surface area (Å²) >= 11 is 0. The molecule has 6 heteroatoms. The summed E-state index contributed by atoms with van der Waals surface area (Å²) in [6, 6.07) is 1.36. The van der Waals surface area contributed by atoms with Crippen LogP contribution in [0.25, 0.3) is 0 Å². The molecule has 0 aliphatic carbocycles. The number of hydrogen-bond acceptors (Lipinski definition) is 6. The van der Waals surface area contributed by atoms with Gasteiger partial charge in [-0.25, -0.2) is 14.8 Å². The lowest BCUT2D eigenvalue weighted by molar-refractivity contribution is -0.141. The minimum Gasteiger partial charge on any atom is -0.467 e. The van der Waals surface area contributed by atoms with Crippen LogP contribution in [-0.4, -0.2) is 36.1 Å². The molecule has 1 heterocycles. The van der Waals surface area contributed by atoms with Gasteiger partial charge in [-0.2, -0.15) is 0 Å². The Bertz CT molecular complexity index is 395. The number of ether oxygens (including phenoxy) is 1. The Morgan fingerprint density at radius 3 is 2.65 bits per heavy atom. The molecule has 0 saturated carbocycles. The molecule has 1 aromatic rings. The van der Waals surface area contributed by atoms with Crippen LogP contribution >= 0.6 is 0 Å². The Morgan fingerprint density at radius 2 is 2.12 bits per heavy atom. The maximum Gasteiger partial charge on any atom is 0.328 e. The zero-order valence-corrected chi connectivity index (χ0v) is 10.6. The normalized spacial score (nSPS) is 11.8. The number of hydrogen-bond donors (Lipinski definition) is 2. The molecule has 2 N–H and O–H groups in total. The van der Waals surface area contributed by atoms with Gasteiger partial charge in [0.05, 0.1) is 7.11 Å². The maximum atomic E-state index is 11.4. The molecule has 0 saturated heterocycles. The second kappa shape index (κ2) is 6.03. The number of rotatable bonds is 5. The molecule has 0 bridgehead atoms. The Balaban J connectivity index is 2.85. The monoisotopic (exact) mass is 238 g/mol. The van der Waals surface area contributed by atoms with Gasteiger partial charge in [-0.3, -0.25) is 0 Å². The molecule has 0 amide bonds. The number of carbonyl (C=O) groups excluding carboxylic acids is 1. The summed E-state index contributed by atoms with van der Waals surface area (Å²) in [5.41, 5.74) is 0. The van der Waals surface area contributed by atoms with Crippen LogP contribution in [0.2, 0.25) is 0 Å². The van der Waals surface area contributed by atoms with Crippen LogP contribution in [0, 0.1) is 6.92 Å². The van der Waals surface area contributed by atoms with Gasteiger partial charge < -0.3 is 15.4 Å². The van der Waals surface area contributed by atoms with Crippen LogP contribution in [0.5, 0.6) is 0 Å². The maximum absolute atomic E-state index is 11.4. The highest BCUT2D eigenvalue weighted by Crippen LogP contribution is 2.12. The molecule has 94 valence electrons. The topological polar surface area (TPSA) is 76.1 Å². The van der Waals surface area contributed by atoms with Crippen molar-refractivity contribution in [1.29, 1.82) is 0 Å². The van der Waals surface area contributed by atoms with E-state index < -0.39 is 0 Å². The van der Waals surface area contributed by atoms with Gasteiger partial charge in [0.1, 0.15) is 23.5 Å². The Labute approximate surface area is 101 Å². The summed E-state index contributed by atoms with van der Waals surface area (Å²) in [6.07, 6.45) is 0.630. The summed E-state index contributed by atoms with van der Waals surface area (Å²) in [4.78, 5) is 19.8. The van der Waals surface area contributed by atoms with E-state index in [1.807, 2.05) is 6.92 Å². The molecular formula is C11H18N4O2. The van der Waals surface area contributed by atoms with E-state index in [-0.39, 0.29) is 12.0 Å². The molecule has 0 radical (unpaired) electrons. The van der Waals surface area contributed by atoms with Gasteiger partial charge in [-0.05, 0) is 13.3 Å². The average molecular weight is 238 g/mol. The van der Waals surface area contributed by atoms with Gasteiger partial charge in [-0.1, -0.05) is 6.92 Å². The van der Waals surface area contributed by atoms with E-state index in [4.69, 9.17) is 4.74 Å². The minimum atomic E-state index is -0.390. The van der Waals surface area contributed by atoms with Gasteiger partial charge in [0.2, 0.25) is 0 Å². The minimum absolute atomic E-state index is 0.297. The van der Waals surface area contributed by atoms with Crippen LogP contribution < -0.4 is 10.6 Å². The molecular weight excluding hydrogens is 220 g/mol. The van der Waals surface area contributed by atoms with E-state index in [9.17, 15) is 4.79 Å². The fourth-order valence-electron chi connectivity index (χ4n) is 1.42. The molecule has 0 fully saturated rings. The number of esters is 1. The molecule has 1 aromatic heterocycles. The number of methoxy groups -OCH3 is 1. The van der Waals surface area contributed by atoms with Gasteiger partial charge in [-0.15, -0.1) is 0 Å². The predicted octanol–water partition coefficient (Wildman–Crippen LogP) is 1.19. The van der Waals surface area contributed by atoms with Crippen LogP contribution in [0.4, 0.5) is 11.6 Å². The summed E-state index contributed by atoms with van der Waals surface area (Å²) in [7, 11) is 3.15. The standard InChI is InChI=1S/C11H18N4O2/c1-5-8(11(16)17-4)15-10-6-9(12-3)13-7(2)14-10/h6,8H,5H2,1-4H3,(H2,12,13,14,15). The van der Waals surface area contributed by atoms with Gasteiger partial charge >= 0.3 is 5.97 Å². The second-order valence-electron chi connectivity index (χ2n) is 3.56. The van der Waals surface area contributed by atoms with E-state index in [2.05, 4.69) is 20.6 Å². The lowest BCUT2D eigenvalue weighted by Gasteiger charge is -2.15. The largest absolute Gasteiger partial charge is 0.467 e. The van der Waals surface area contributed by atoms with E-state index >= 15 is 0 Å². The molecule has 17 heavy (non-hydrogen) atoms. The predicted molar refractivity (Wildman–Crippen MR) is 66.0 cm³/mol. The zero-order chi connectivity index (χ0) is 12.8. The fourth-order valence-corrected chi connectivity index (χ4v) is 1.42. The number of nitrogens with one attached hydrogen (secondary N) is 2. The van der Waals surface area contributed by atoms with Crippen molar-refractivity contribution in [3.8, 4) is 0 Å². The second-order valence-corrected chi connectivity index (χ2v) is 3.56. The van der Waals surface area contributed by atoms with E-state index in [0.29, 0.717) is 23.9 Å². The van der Waals surface area contributed by atoms with Crippen molar-refractivity contribution in [2.45, 2.75) is 26.3 Å². The van der Waals surface area contributed by atoms with Crippen molar-refractivity contribution in [3.05, 3.63) is 11.9 Å². The molecule has 1 unspecified atom stereocenters. The van der Waals surface area contributed by atoms with Crippen molar-refractivity contribution in [2.24, 2.45) is 0 Å². The average Bonchev–Trinajstić information content (AvgIpc) is 2.34. The van der Waals surface area contributed by atoms with E-state index in [0.717, 1.165) is 0 Å². The highest BCUT2D eigenvalue weighted by Gasteiger charge is 2.17. The highest BCUT2D eigenvalue weighted by molar-refractivity contribution is 5.78. The third kappa shape index (κ3) is 3.58. The zero-order valence-electron chi connectivity index (χ0n) is 10.6. The first-order valence-corrected chi connectivity index (χ1v) is 5.48. The summed E-state index contributed by atoms with van der Waals surface area (Å²) in [6.45, 7) is 3.70. The summed E-state index contributed by atoms with van der Waals surface area (Å²) < 4.78 is 4.70. The van der Waals surface area contributed by atoms with Crippen molar-refractivity contribution in [1.82, 2.24) is 9.97 Å². The van der Waals surface area contributed by atoms with Gasteiger partial charge in [0.15, 0.2) is 0 Å². The first-order chi connectivity index (χ1) is 8.10. The Morgan fingerprint density at radius 1 is 1.47 bits per heavy atom. The molecule has 0 aliphatic rings. The summed E-state index contributed by atoms with van der Waals surface area (Å²) in [5.74, 6) is 1.66. The van der Waals surface area contributed by atoms with Gasteiger partial charge in [0.25, 0.3) is 0 Å². The molecule has 1 rings (SSSR count). The van der Waals surface area contributed by atoms with Crippen LogP contribution in [0.1, 0.15) is 19.2 Å². The number of nitrogens with zero attached hydrogens (tertiary/aromatic N) is 2. The van der Waals surface area contributed by atoms with Crippen molar-refractivity contribution >= 4 is 17.6 Å². The van der Waals surface area contributed by atoms with Crippen molar-refractivity contribution < 1.29 is 9.53 Å².